The molecule has 0 fully saturated rings. The fourth-order valence-electron chi connectivity index (χ4n) is 4.67. The third-order valence-corrected chi connectivity index (χ3v) is 7.15. The molecule has 0 aliphatic heterocycles. The van der Waals surface area contributed by atoms with Gasteiger partial charge in [-0.1, -0.05) is 12.1 Å². The lowest BCUT2D eigenvalue weighted by Crippen LogP contribution is -2.07. The van der Waals surface area contributed by atoms with Gasteiger partial charge in [0.05, 0.1) is 27.8 Å². The van der Waals surface area contributed by atoms with E-state index >= 15 is 0 Å². The van der Waals surface area contributed by atoms with Crippen LogP contribution in [0, 0.1) is 0 Å². The molecule has 17 heteroatoms. The van der Waals surface area contributed by atoms with Crippen molar-refractivity contribution in [3.05, 3.63) is 131 Å². The Bertz CT molecular complexity index is 2050. The van der Waals surface area contributed by atoms with Crippen molar-refractivity contribution in [3.8, 4) is 45.6 Å². The molecular formula is C35H18F12O5. The SMILES string of the molecule is O=C(O)c1cc(Oc2ccc(C(F)(F)F)cc2)c(Oc2ccc(C(F)(F)F)cc2)c(Oc2ccc(C(F)(F)F)cc2)c1-c1ccc(C(F)(F)F)cc1. The van der Waals surface area contributed by atoms with Crippen LogP contribution in [0.1, 0.15) is 32.6 Å². The third-order valence-electron chi connectivity index (χ3n) is 7.15. The van der Waals surface area contributed by atoms with Crippen LogP contribution < -0.4 is 14.2 Å². The molecular weight excluding hydrogens is 728 g/mol. The van der Waals surface area contributed by atoms with Crippen LogP contribution in [-0.4, -0.2) is 11.1 Å². The van der Waals surface area contributed by atoms with Gasteiger partial charge in [-0.3, -0.25) is 0 Å². The average molecular weight is 747 g/mol. The molecule has 0 atom stereocenters. The molecule has 5 nitrogen and oxygen atoms in total. The second-order valence-corrected chi connectivity index (χ2v) is 10.7. The summed E-state index contributed by atoms with van der Waals surface area (Å²) in [6, 6.07) is 12.2. The predicted octanol–water partition coefficient (Wildman–Crippen LogP) is 12.5. The molecule has 0 aromatic heterocycles. The van der Waals surface area contributed by atoms with E-state index in [-0.39, 0.29) is 17.1 Å². The Kier molecular flexibility index (Phi) is 9.84. The van der Waals surface area contributed by atoms with Gasteiger partial charge in [0.15, 0.2) is 11.5 Å². The molecule has 0 spiro atoms. The minimum atomic E-state index is -4.83. The zero-order chi connectivity index (χ0) is 38.2. The maximum atomic E-state index is 13.4. The maximum absolute atomic E-state index is 13.4. The Morgan fingerprint density at radius 2 is 0.750 bits per heavy atom. The maximum Gasteiger partial charge on any atom is 0.416 e. The standard InChI is InChI=1S/C35H18F12O5/c36-32(37,38)19-3-1-18(2-4-19)28-26(31(48)49)17-27(50-23-11-5-20(6-12-23)33(39,40)41)29(51-24-13-7-21(8-14-24)34(42,43)44)30(28)52-25-15-9-22(10-16-25)35(45,46)47/h1-17H,(H,48,49). The Labute approximate surface area is 284 Å². The summed E-state index contributed by atoms with van der Waals surface area (Å²) in [4.78, 5) is 12.7. The lowest BCUT2D eigenvalue weighted by molar-refractivity contribution is -0.138. The number of hydrogen-bond acceptors (Lipinski definition) is 4. The zero-order valence-corrected chi connectivity index (χ0v) is 25.4. The van der Waals surface area contributed by atoms with E-state index in [0.717, 1.165) is 54.6 Å². The topological polar surface area (TPSA) is 65.0 Å². The normalized spacial score (nSPS) is 12.4. The van der Waals surface area contributed by atoms with Crippen LogP contribution in [-0.2, 0) is 24.7 Å². The van der Waals surface area contributed by atoms with E-state index in [0.29, 0.717) is 48.5 Å². The minimum absolute atomic E-state index is 0.273. The van der Waals surface area contributed by atoms with Crippen molar-refractivity contribution in [2.75, 3.05) is 0 Å². The molecule has 0 aliphatic carbocycles. The highest BCUT2D eigenvalue weighted by atomic mass is 19.4. The van der Waals surface area contributed by atoms with E-state index in [1.165, 1.54) is 0 Å². The Hall–Kier alpha value is -5.87. The summed E-state index contributed by atoms with van der Waals surface area (Å²) < 4.78 is 177. The van der Waals surface area contributed by atoms with Gasteiger partial charge >= 0.3 is 30.7 Å². The van der Waals surface area contributed by atoms with Crippen molar-refractivity contribution in [2.24, 2.45) is 0 Å². The Morgan fingerprint density at radius 3 is 1.08 bits per heavy atom. The summed E-state index contributed by atoms with van der Waals surface area (Å²) in [6.45, 7) is 0. The van der Waals surface area contributed by atoms with Crippen molar-refractivity contribution in [3.63, 3.8) is 0 Å². The number of carboxylic acid groups (broad SMARTS) is 1. The third kappa shape index (κ3) is 8.52. The van der Waals surface area contributed by atoms with Crippen molar-refractivity contribution in [1.29, 1.82) is 0 Å². The van der Waals surface area contributed by atoms with Gasteiger partial charge in [0.2, 0.25) is 5.75 Å². The number of ether oxygens (including phenoxy) is 3. The average Bonchev–Trinajstić information content (AvgIpc) is 3.05. The van der Waals surface area contributed by atoms with Gasteiger partial charge in [-0.05, 0) is 90.5 Å². The quantitative estimate of drug-likeness (QED) is 0.160. The highest BCUT2D eigenvalue weighted by Crippen LogP contribution is 2.52. The van der Waals surface area contributed by atoms with Crippen LogP contribution in [0.25, 0.3) is 11.1 Å². The molecule has 272 valence electrons. The predicted molar refractivity (Wildman–Crippen MR) is 158 cm³/mol. The fourth-order valence-corrected chi connectivity index (χ4v) is 4.67. The summed E-state index contributed by atoms with van der Waals surface area (Å²) in [5, 5.41) is 10.2. The molecule has 0 amide bonds. The highest BCUT2D eigenvalue weighted by Gasteiger charge is 2.34. The van der Waals surface area contributed by atoms with Crippen LogP contribution >= 0.6 is 0 Å². The summed E-state index contributed by atoms with van der Waals surface area (Å²) in [5.41, 5.74) is -6.06. The number of hydrogen-bond donors (Lipinski definition) is 1. The van der Waals surface area contributed by atoms with E-state index in [2.05, 4.69) is 0 Å². The van der Waals surface area contributed by atoms with E-state index < -0.39 is 87.1 Å². The van der Waals surface area contributed by atoms with Crippen LogP contribution in [0.5, 0.6) is 34.5 Å². The number of carboxylic acids is 1. The lowest BCUT2D eigenvalue weighted by Gasteiger charge is -2.22. The van der Waals surface area contributed by atoms with E-state index in [1.54, 1.807) is 0 Å². The molecule has 0 unspecified atom stereocenters. The largest absolute Gasteiger partial charge is 0.478 e. The van der Waals surface area contributed by atoms with Crippen molar-refractivity contribution in [2.45, 2.75) is 24.7 Å². The first-order valence-corrected chi connectivity index (χ1v) is 14.3. The monoisotopic (exact) mass is 746 g/mol. The number of carbonyl (C=O) groups is 1. The fraction of sp³-hybridized carbons (Fsp3) is 0.114. The number of aromatic carboxylic acids is 1. The molecule has 5 aromatic carbocycles. The van der Waals surface area contributed by atoms with Gasteiger partial charge < -0.3 is 19.3 Å². The second kappa shape index (κ2) is 13.7. The van der Waals surface area contributed by atoms with Crippen LogP contribution in [0.15, 0.2) is 103 Å². The van der Waals surface area contributed by atoms with Crippen LogP contribution in [0.4, 0.5) is 52.7 Å². The first-order valence-electron chi connectivity index (χ1n) is 14.3. The van der Waals surface area contributed by atoms with Gasteiger partial charge in [-0.15, -0.1) is 0 Å². The highest BCUT2D eigenvalue weighted by molar-refractivity contribution is 6.00. The lowest BCUT2D eigenvalue weighted by atomic mass is 9.96. The van der Waals surface area contributed by atoms with Crippen LogP contribution in [0.2, 0.25) is 0 Å². The molecule has 5 rings (SSSR count). The van der Waals surface area contributed by atoms with Gasteiger partial charge in [0.25, 0.3) is 0 Å². The van der Waals surface area contributed by atoms with Crippen molar-refractivity contribution < 1.29 is 76.8 Å². The van der Waals surface area contributed by atoms with E-state index in [9.17, 15) is 62.6 Å². The molecule has 0 radical (unpaired) electrons. The molecule has 0 saturated heterocycles. The van der Waals surface area contributed by atoms with Crippen molar-refractivity contribution >= 4 is 5.97 Å². The number of benzene rings is 5. The number of halogens is 12. The first kappa shape index (κ1) is 37.4. The molecule has 52 heavy (non-hydrogen) atoms. The molecule has 5 aromatic rings. The van der Waals surface area contributed by atoms with Gasteiger partial charge in [0, 0.05) is 11.6 Å². The van der Waals surface area contributed by atoms with E-state index in [1.807, 2.05) is 0 Å². The summed E-state index contributed by atoms with van der Waals surface area (Å²) >= 11 is 0. The van der Waals surface area contributed by atoms with E-state index in [4.69, 9.17) is 14.2 Å². The molecule has 1 N–H and O–H groups in total. The number of alkyl halides is 12. The van der Waals surface area contributed by atoms with Gasteiger partial charge in [-0.2, -0.15) is 52.7 Å². The smallest absolute Gasteiger partial charge is 0.416 e. The summed E-state index contributed by atoms with van der Waals surface area (Å²) in [7, 11) is 0. The van der Waals surface area contributed by atoms with Crippen LogP contribution in [0.3, 0.4) is 0 Å². The molecule has 0 bridgehead atoms. The second-order valence-electron chi connectivity index (χ2n) is 10.7. The Morgan fingerprint density at radius 1 is 0.442 bits per heavy atom. The van der Waals surface area contributed by atoms with Crippen molar-refractivity contribution in [1.82, 2.24) is 0 Å². The number of rotatable bonds is 8. The zero-order valence-electron chi connectivity index (χ0n) is 25.4. The van der Waals surface area contributed by atoms with Gasteiger partial charge in [-0.25, -0.2) is 4.79 Å². The minimum Gasteiger partial charge on any atom is -0.478 e. The molecule has 0 saturated carbocycles. The molecule has 0 aliphatic rings. The first-order chi connectivity index (χ1) is 24.1. The molecule has 0 heterocycles. The summed E-state index contributed by atoms with van der Waals surface area (Å²) in [5.74, 6) is -4.96. The Balaban J connectivity index is 1.78. The summed E-state index contributed by atoms with van der Waals surface area (Å²) in [6.07, 6.45) is -19.2. The van der Waals surface area contributed by atoms with Gasteiger partial charge in [0.1, 0.15) is 17.2 Å².